The average molecular weight is 1050 g/mol. The van der Waals surface area contributed by atoms with E-state index in [1.54, 1.807) is 6.08 Å². The van der Waals surface area contributed by atoms with Gasteiger partial charge in [-0.1, -0.05) is 301 Å². The molecule has 0 saturated carbocycles. The van der Waals surface area contributed by atoms with Crippen molar-refractivity contribution in [3.8, 4) is 0 Å². The molecule has 434 valence electrons. The molecule has 0 spiro atoms. The number of likely N-dealkylation sites (N-methyl/N-ethyl adjacent to an activating group) is 1. The quantitative estimate of drug-likeness (QED) is 0.0272. The molecule has 0 saturated heterocycles. The number of quaternary nitrogens is 1. The van der Waals surface area contributed by atoms with Gasteiger partial charge in [-0.15, -0.1) is 0 Å². The summed E-state index contributed by atoms with van der Waals surface area (Å²) in [5.41, 5.74) is 0. The van der Waals surface area contributed by atoms with Gasteiger partial charge in [-0.05, 0) is 44.9 Å². The van der Waals surface area contributed by atoms with Crippen LogP contribution in [-0.2, 0) is 18.4 Å². The van der Waals surface area contributed by atoms with Gasteiger partial charge < -0.3 is 28.8 Å². The Morgan fingerprint density at radius 1 is 0.466 bits per heavy atom. The number of carbonyl (C=O) groups is 1. The van der Waals surface area contributed by atoms with Gasteiger partial charge in [0.1, 0.15) is 13.2 Å². The molecule has 0 rings (SSSR count). The molecule has 0 aliphatic carbocycles. The molecule has 73 heavy (non-hydrogen) atoms. The smallest absolute Gasteiger partial charge is 0.268 e. The molecule has 9 heteroatoms. The Morgan fingerprint density at radius 2 is 0.753 bits per heavy atom. The van der Waals surface area contributed by atoms with E-state index < -0.39 is 20.0 Å². The van der Waals surface area contributed by atoms with Gasteiger partial charge in [-0.25, -0.2) is 0 Å². The summed E-state index contributed by atoms with van der Waals surface area (Å²) in [6, 6.07) is -0.886. The summed E-state index contributed by atoms with van der Waals surface area (Å²) in [6.07, 6.45) is 71.3. The van der Waals surface area contributed by atoms with E-state index in [1.165, 1.54) is 270 Å². The van der Waals surface area contributed by atoms with E-state index in [4.69, 9.17) is 9.05 Å². The van der Waals surface area contributed by atoms with Crippen LogP contribution in [0.15, 0.2) is 24.3 Å². The van der Waals surface area contributed by atoms with Crippen LogP contribution in [-0.4, -0.2) is 68.5 Å². The first-order valence-electron chi connectivity index (χ1n) is 32.2. The summed E-state index contributed by atoms with van der Waals surface area (Å²) >= 11 is 0. The van der Waals surface area contributed by atoms with E-state index in [1.807, 2.05) is 27.2 Å². The van der Waals surface area contributed by atoms with Crippen LogP contribution in [0.3, 0.4) is 0 Å². The van der Waals surface area contributed by atoms with Crippen molar-refractivity contribution in [1.29, 1.82) is 0 Å². The van der Waals surface area contributed by atoms with Gasteiger partial charge in [-0.3, -0.25) is 9.36 Å². The number of allylic oxidation sites excluding steroid dienone is 3. The predicted molar refractivity (Wildman–Crippen MR) is 316 cm³/mol. The number of rotatable bonds is 60. The number of hydrogen-bond donors (Lipinski definition) is 2. The third-order valence-corrected chi connectivity index (χ3v) is 15.9. The number of phosphoric ester groups is 1. The minimum absolute atomic E-state index is 0.000927. The summed E-state index contributed by atoms with van der Waals surface area (Å²) < 4.78 is 23.4. The van der Waals surface area contributed by atoms with Crippen molar-refractivity contribution in [2.45, 2.75) is 341 Å². The highest BCUT2D eigenvalue weighted by Crippen LogP contribution is 2.38. The Hall–Kier alpha value is -1.02. The van der Waals surface area contributed by atoms with Gasteiger partial charge >= 0.3 is 0 Å². The normalized spacial score (nSPS) is 13.9. The number of phosphoric acid groups is 1. The molecule has 0 heterocycles. The maximum Gasteiger partial charge on any atom is 0.268 e. The minimum Gasteiger partial charge on any atom is -0.756 e. The number of carbonyl (C=O) groups excluding carboxylic acids is 1. The molecule has 1 amide bonds. The standard InChI is InChI=1S/C64H127N2O6P/c1-6-8-10-12-14-16-18-20-22-24-26-28-30-32-33-34-36-38-40-42-44-46-48-50-52-54-56-58-64(68)65-62(61-72-73(69,70)71-60-59-66(3,4)5)63(67)57-55-53-51-49-47-45-43-41-39-37-35-31-29-27-25-23-21-19-17-15-13-11-9-7-2/h32-33,55,57,62-63,67H,6-31,34-54,56,58-61H2,1-5H3,(H-,65,68,69,70)/b33-32-,57-55+. The molecule has 2 N–H and O–H groups in total. The zero-order valence-electron chi connectivity index (χ0n) is 49.6. The molecule has 0 radical (unpaired) electrons. The molecule has 0 fully saturated rings. The largest absolute Gasteiger partial charge is 0.756 e. The van der Waals surface area contributed by atoms with E-state index >= 15 is 0 Å². The number of aliphatic hydroxyl groups is 1. The maximum atomic E-state index is 13.0. The summed E-state index contributed by atoms with van der Waals surface area (Å²) in [5, 5.41) is 13.9. The topological polar surface area (TPSA) is 108 Å². The van der Waals surface area contributed by atoms with Gasteiger partial charge in [0.15, 0.2) is 0 Å². The van der Waals surface area contributed by atoms with Crippen LogP contribution in [0, 0.1) is 0 Å². The number of aliphatic hydroxyl groups excluding tert-OH is 1. The zero-order chi connectivity index (χ0) is 53.5. The third-order valence-electron chi connectivity index (χ3n) is 14.9. The van der Waals surface area contributed by atoms with E-state index in [0.717, 1.165) is 38.5 Å². The molecule has 3 unspecified atom stereocenters. The Labute approximate surface area is 455 Å². The molecule has 8 nitrogen and oxygen atoms in total. The van der Waals surface area contributed by atoms with Gasteiger partial charge in [0.05, 0.1) is 39.9 Å². The first kappa shape index (κ1) is 72.0. The van der Waals surface area contributed by atoms with Crippen LogP contribution in [0.4, 0.5) is 0 Å². The second-order valence-electron chi connectivity index (χ2n) is 23.5. The van der Waals surface area contributed by atoms with Crippen molar-refractivity contribution in [3.63, 3.8) is 0 Å². The Balaban J connectivity index is 4.12. The van der Waals surface area contributed by atoms with Crippen LogP contribution in [0.5, 0.6) is 0 Å². The molecule has 0 aliphatic heterocycles. The SMILES string of the molecule is CCCCCCCCCCCCCC/C=C\CCCCCCCCCCCCCC(=O)NC(COP(=O)([O-])OCC[N+](C)(C)C)C(O)/C=C/CCCCCCCCCCCCCCCCCCCCCCCC. The first-order valence-corrected chi connectivity index (χ1v) is 33.7. The second kappa shape index (κ2) is 55.7. The van der Waals surface area contributed by atoms with Crippen LogP contribution >= 0.6 is 7.82 Å². The lowest BCUT2D eigenvalue weighted by Gasteiger charge is -2.29. The van der Waals surface area contributed by atoms with E-state index in [2.05, 4.69) is 31.3 Å². The van der Waals surface area contributed by atoms with E-state index in [-0.39, 0.29) is 19.1 Å². The van der Waals surface area contributed by atoms with E-state index in [0.29, 0.717) is 17.4 Å². The molecular weight excluding hydrogens is 924 g/mol. The highest BCUT2D eigenvalue weighted by atomic mass is 31.2. The Kier molecular flexibility index (Phi) is 54.9. The molecule has 0 aliphatic rings. The lowest BCUT2D eigenvalue weighted by Crippen LogP contribution is -2.45. The van der Waals surface area contributed by atoms with Crippen LogP contribution in [0.1, 0.15) is 328 Å². The van der Waals surface area contributed by atoms with Gasteiger partial charge in [0, 0.05) is 6.42 Å². The molecule has 0 aromatic carbocycles. The van der Waals surface area contributed by atoms with Crippen LogP contribution in [0.2, 0.25) is 0 Å². The van der Waals surface area contributed by atoms with Crippen molar-refractivity contribution in [2.24, 2.45) is 0 Å². The predicted octanol–water partition coefficient (Wildman–Crippen LogP) is 19.3. The second-order valence-corrected chi connectivity index (χ2v) is 24.9. The third kappa shape index (κ3) is 58.5. The van der Waals surface area contributed by atoms with E-state index in [9.17, 15) is 19.4 Å². The fraction of sp³-hybridized carbons (Fsp3) is 0.922. The summed E-state index contributed by atoms with van der Waals surface area (Å²) in [7, 11) is 1.28. The molecule has 0 aromatic heterocycles. The minimum atomic E-state index is -4.60. The first-order chi connectivity index (χ1) is 35.5. The number of amides is 1. The highest BCUT2D eigenvalue weighted by molar-refractivity contribution is 7.45. The summed E-state index contributed by atoms with van der Waals surface area (Å²) in [6.45, 7) is 4.71. The van der Waals surface area contributed by atoms with Crippen LogP contribution in [0.25, 0.3) is 0 Å². The fourth-order valence-corrected chi connectivity index (χ4v) is 10.6. The van der Waals surface area contributed by atoms with Crippen LogP contribution < -0.4 is 10.2 Å². The number of nitrogens with zero attached hydrogens (tertiary/aromatic N) is 1. The summed E-state index contributed by atoms with van der Waals surface area (Å²) in [4.78, 5) is 25.6. The Bertz CT molecular complexity index is 1240. The van der Waals surface area contributed by atoms with Crippen molar-refractivity contribution < 1.29 is 32.9 Å². The monoisotopic (exact) mass is 1050 g/mol. The molecule has 3 atom stereocenters. The fourth-order valence-electron chi connectivity index (χ4n) is 9.86. The zero-order valence-corrected chi connectivity index (χ0v) is 50.5. The lowest BCUT2D eigenvalue weighted by atomic mass is 10.0. The maximum absolute atomic E-state index is 13.0. The number of hydrogen-bond acceptors (Lipinski definition) is 6. The number of unbranched alkanes of at least 4 members (excludes halogenated alkanes) is 45. The average Bonchev–Trinajstić information content (AvgIpc) is 3.35. The van der Waals surface area contributed by atoms with Gasteiger partial charge in [0.2, 0.25) is 5.91 Å². The lowest BCUT2D eigenvalue weighted by molar-refractivity contribution is -0.870. The highest BCUT2D eigenvalue weighted by Gasteiger charge is 2.23. The summed E-state index contributed by atoms with van der Waals surface area (Å²) in [5.74, 6) is -0.192. The van der Waals surface area contributed by atoms with Crippen molar-refractivity contribution in [2.75, 3.05) is 40.9 Å². The van der Waals surface area contributed by atoms with Crippen molar-refractivity contribution in [1.82, 2.24) is 5.32 Å². The van der Waals surface area contributed by atoms with Gasteiger partial charge in [0.25, 0.3) is 7.82 Å². The van der Waals surface area contributed by atoms with Crippen molar-refractivity contribution >= 4 is 13.7 Å². The Morgan fingerprint density at radius 3 is 1.07 bits per heavy atom. The molecular formula is C64H127N2O6P. The van der Waals surface area contributed by atoms with Crippen molar-refractivity contribution in [3.05, 3.63) is 24.3 Å². The number of nitrogens with one attached hydrogen (secondary N) is 1. The van der Waals surface area contributed by atoms with Gasteiger partial charge in [-0.2, -0.15) is 0 Å². The molecule has 0 aromatic rings. The molecule has 0 bridgehead atoms.